The Bertz CT molecular complexity index is 748. The lowest BCUT2D eigenvalue weighted by Gasteiger charge is -2.05. The number of hydrogen-bond donors (Lipinski definition) is 1. The van der Waals surface area contributed by atoms with Gasteiger partial charge >= 0.3 is 0 Å². The summed E-state index contributed by atoms with van der Waals surface area (Å²) in [5.74, 6) is 1.62. The maximum Gasteiger partial charge on any atom is 0.163 e. The Balaban J connectivity index is 2.15. The molecule has 0 bridgehead atoms. The van der Waals surface area contributed by atoms with Gasteiger partial charge in [0.25, 0.3) is 0 Å². The van der Waals surface area contributed by atoms with E-state index in [4.69, 9.17) is 5.73 Å². The average Bonchev–Trinajstić information content (AvgIpc) is 2.79. The molecule has 0 saturated carbocycles. The van der Waals surface area contributed by atoms with E-state index in [1.54, 1.807) is 0 Å². The molecule has 0 radical (unpaired) electrons. The van der Waals surface area contributed by atoms with E-state index in [-0.39, 0.29) is 0 Å². The first-order valence-corrected chi connectivity index (χ1v) is 6.76. The van der Waals surface area contributed by atoms with E-state index in [9.17, 15) is 0 Å². The number of aromatic nitrogens is 3. The first kappa shape index (κ1) is 12.3. The van der Waals surface area contributed by atoms with Gasteiger partial charge in [-0.1, -0.05) is 34.1 Å². The lowest BCUT2D eigenvalue weighted by atomic mass is 10.1. The Morgan fingerprint density at radius 1 is 1.11 bits per heavy atom. The number of hydrogen-bond acceptors (Lipinski definition) is 3. The molecule has 0 aliphatic carbocycles. The summed E-state index contributed by atoms with van der Waals surface area (Å²) in [7, 11) is 1.93. The van der Waals surface area contributed by atoms with Crippen molar-refractivity contribution in [3.8, 4) is 11.4 Å². The van der Waals surface area contributed by atoms with Crippen LogP contribution < -0.4 is 5.73 Å². The topological polar surface area (TPSA) is 56.7 Å². The Morgan fingerprint density at radius 3 is 2.58 bits per heavy atom. The van der Waals surface area contributed by atoms with Gasteiger partial charge in [0.2, 0.25) is 0 Å². The van der Waals surface area contributed by atoms with Crippen molar-refractivity contribution >= 4 is 26.7 Å². The van der Waals surface area contributed by atoms with E-state index in [0.29, 0.717) is 6.54 Å². The van der Waals surface area contributed by atoms with Crippen molar-refractivity contribution in [1.29, 1.82) is 0 Å². The molecule has 3 rings (SSSR count). The zero-order valence-electron chi connectivity index (χ0n) is 10.5. The van der Waals surface area contributed by atoms with E-state index in [1.807, 2.05) is 17.7 Å². The number of halogens is 1. The Hall–Kier alpha value is -1.72. The van der Waals surface area contributed by atoms with Crippen LogP contribution in [-0.2, 0) is 13.6 Å². The molecule has 4 nitrogen and oxygen atoms in total. The molecular weight excluding hydrogens is 304 g/mol. The van der Waals surface area contributed by atoms with Crippen molar-refractivity contribution in [2.24, 2.45) is 12.8 Å². The third kappa shape index (κ3) is 2.15. The highest BCUT2D eigenvalue weighted by molar-refractivity contribution is 9.10. The highest BCUT2D eigenvalue weighted by atomic mass is 79.9. The number of rotatable bonds is 2. The molecule has 1 heterocycles. The molecule has 0 fully saturated rings. The minimum Gasteiger partial charge on any atom is -0.324 e. The Kier molecular flexibility index (Phi) is 3.08. The number of benzene rings is 2. The molecule has 0 unspecified atom stereocenters. The summed E-state index contributed by atoms with van der Waals surface area (Å²) < 4.78 is 3.01. The second-order valence-electron chi connectivity index (χ2n) is 4.41. The summed E-state index contributed by atoms with van der Waals surface area (Å²) >= 11 is 3.48. The molecule has 2 aromatic carbocycles. The predicted molar refractivity (Wildman–Crippen MR) is 79.5 cm³/mol. The van der Waals surface area contributed by atoms with Crippen LogP contribution in [0.5, 0.6) is 0 Å². The number of fused-ring (bicyclic) bond motifs is 1. The number of nitrogens with two attached hydrogens (primary N) is 1. The Morgan fingerprint density at radius 2 is 1.84 bits per heavy atom. The zero-order chi connectivity index (χ0) is 13.4. The molecule has 2 N–H and O–H groups in total. The van der Waals surface area contributed by atoms with Gasteiger partial charge in [0.15, 0.2) is 5.82 Å². The molecular formula is C14H13BrN4. The van der Waals surface area contributed by atoms with Crippen molar-refractivity contribution in [2.45, 2.75) is 6.54 Å². The fourth-order valence-corrected chi connectivity index (χ4v) is 2.53. The van der Waals surface area contributed by atoms with Gasteiger partial charge in [-0.05, 0) is 29.0 Å². The van der Waals surface area contributed by atoms with Crippen molar-refractivity contribution in [2.75, 3.05) is 0 Å². The normalized spacial score (nSPS) is 11.1. The van der Waals surface area contributed by atoms with Crippen molar-refractivity contribution in [3.63, 3.8) is 0 Å². The minimum absolute atomic E-state index is 0.393. The van der Waals surface area contributed by atoms with Gasteiger partial charge in [0, 0.05) is 17.1 Å². The van der Waals surface area contributed by atoms with Crippen LogP contribution in [0, 0.1) is 0 Å². The van der Waals surface area contributed by atoms with Crippen LogP contribution in [0.4, 0.5) is 0 Å². The number of nitrogens with zero attached hydrogens (tertiary/aromatic N) is 3. The molecule has 96 valence electrons. The molecule has 3 aromatic rings. The zero-order valence-corrected chi connectivity index (χ0v) is 12.1. The minimum atomic E-state index is 0.393. The van der Waals surface area contributed by atoms with Crippen LogP contribution in [0.15, 0.2) is 40.9 Å². The lowest BCUT2D eigenvalue weighted by Crippen LogP contribution is -2.05. The standard InChI is InChI=1S/C14H13BrN4/c1-19-13(8-16)17-18-14(19)11-3-2-10-7-12(15)5-4-9(10)6-11/h2-7H,8,16H2,1H3. The van der Waals surface area contributed by atoms with Crippen molar-refractivity contribution in [3.05, 3.63) is 46.7 Å². The van der Waals surface area contributed by atoms with E-state index in [1.165, 1.54) is 10.8 Å². The molecule has 1 aromatic heterocycles. The maximum absolute atomic E-state index is 5.62. The van der Waals surface area contributed by atoms with E-state index < -0.39 is 0 Å². The van der Waals surface area contributed by atoms with Crippen LogP contribution in [0.3, 0.4) is 0 Å². The molecule has 0 spiro atoms. The summed E-state index contributed by atoms with van der Waals surface area (Å²) in [5.41, 5.74) is 6.67. The summed E-state index contributed by atoms with van der Waals surface area (Å²) in [6, 6.07) is 12.5. The third-order valence-corrected chi connectivity index (χ3v) is 3.70. The van der Waals surface area contributed by atoms with Gasteiger partial charge < -0.3 is 10.3 Å². The fraction of sp³-hybridized carbons (Fsp3) is 0.143. The quantitative estimate of drug-likeness (QED) is 0.791. The van der Waals surface area contributed by atoms with Gasteiger partial charge in [-0.3, -0.25) is 0 Å². The van der Waals surface area contributed by atoms with E-state index >= 15 is 0 Å². The van der Waals surface area contributed by atoms with Gasteiger partial charge in [-0.25, -0.2) is 0 Å². The van der Waals surface area contributed by atoms with E-state index in [2.05, 4.69) is 56.5 Å². The highest BCUT2D eigenvalue weighted by Gasteiger charge is 2.09. The van der Waals surface area contributed by atoms with Crippen LogP contribution in [0.25, 0.3) is 22.2 Å². The third-order valence-electron chi connectivity index (χ3n) is 3.21. The lowest BCUT2D eigenvalue weighted by molar-refractivity contribution is 0.797. The maximum atomic E-state index is 5.62. The van der Waals surface area contributed by atoms with Crippen molar-refractivity contribution < 1.29 is 0 Å². The molecule has 5 heteroatoms. The second-order valence-corrected chi connectivity index (χ2v) is 5.32. The summed E-state index contributed by atoms with van der Waals surface area (Å²) in [6.07, 6.45) is 0. The summed E-state index contributed by atoms with van der Waals surface area (Å²) in [5, 5.41) is 10.7. The Labute approximate surface area is 119 Å². The largest absolute Gasteiger partial charge is 0.324 e. The molecule has 19 heavy (non-hydrogen) atoms. The van der Waals surface area contributed by atoms with Crippen LogP contribution in [0.2, 0.25) is 0 Å². The fourth-order valence-electron chi connectivity index (χ4n) is 2.15. The predicted octanol–water partition coefficient (Wildman–Crippen LogP) is 2.86. The average molecular weight is 317 g/mol. The first-order valence-electron chi connectivity index (χ1n) is 5.97. The smallest absolute Gasteiger partial charge is 0.163 e. The monoisotopic (exact) mass is 316 g/mol. The summed E-state index contributed by atoms with van der Waals surface area (Å²) in [4.78, 5) is 0. The SMILES string of the molecule is Cn1c(CN)nnc1-c1ccc2cc(Br)ccc2c1. The molecule has 0 aliphatic heterocycles. The van der Waals surface area contributed by atoms with Gasteiger partial charge in [0.05, 0.1) is 6.54 Å². The summed E-state index contributed by atoms with van der Waals surface area (Å²) in [6.45, 7) is 0.393. The first-order chi connectivity index (χ1) is 9.19. The van der Waals surface area contributed by atoms with Crippen LogP contribution in [0.1, 0.15) is 5.82 Å². The second kappa shape index (κ2) is 4.75. The van der Waals surface area contributed by atoms with Crippen LogP contribution in [-0.4, -0.2) is 14.8 Å². The van der Waals surface area contributed by atoms with Crippen LogP contribution >= 0.6 is 15.9 Å². The molecule has 0 saturated heterocycles. The van der Waals surface area contributed by atoms with Gasteiger partial charge in [-0.2, -0.15) is 0 Å². The molecule has 0 aliphatic rings. The van der Waals surface area contributed by atoms with E-state index in [0.717, 1.165) is 21.7 Å². The molecule has 0 atom stereocenters. The van der Waals surface area contributed by atoms with Gasteiger partial charge in [-0.15, -0.1) is 10.2 Å². The molecule has 0 amide bonds. The van der Waals surface area contributed by atoms with Crippen molar-refractivity contribution in [1.82, 2.24) is 14.8 Å². The highest BCUT2D eigenvalue weighted by Crippen LogP contribution is 2.25. The van der Waals surface area contributed by atoms with Gasteiger partial charge in [0.1, 0.15) is 5.82 Å².